The number of hydrogen-bond donors (Lipinski definition) is 1. The van der Waals surface area contributed by atoms with E-state index in [4.69, 9.17) is 4.74 Å². The average Bonchev–Trinajstić information content (AvgIpc) is 3.32. The molecule has 33 heavy (non-hydrogen) atoms. The lowest BCUT2D eigenvalue weighted by Crippen LogP contribution is -2.37. The highest BCUT2D eigenvalue weighted by Crippen LogP contribution is 2.31. The summed E-state index contributed by atoms with van der Waals surface area (Å²) in [6, 6.07) is 10.0. The second-order valence-corrected chi connectivity index (χ2v) is 8.56. The van der Waals surface area contributed by atoms with Gasteiger partial charge in [0.2, 0.25) is 5.01 Å². The van der Waals surface area contributed by atoms with Gasteiger partial charge < -0.3 is 15.0 Å². The number of halogens is 2. The van der Waals surface area contributed by atoms with Crippen LogP contribution >= 0.6 is 11.3 Å². The molecule has 0 bridgehead atoms. The highest BCUT2D eigenvalue weighted by Gasteiger charge is 2.27. The van der Waals surface area contributed by atoms with Gasteiger partial charge in [-0.05, 0) is 56.2 Å². The first-order valence-corrected chi connectivity index (χ1v) is 11.4. The van der Waals surface area contributed by atoms with Gasteiger partial charge in [-0.1, -0.05) is 11.3 Å². The third-order valence-electron chi connectivity index (χ3n) is 5.36. The highest BCUT2D eigenvalue weighted by atomic mass is 32.1. The summed E-state index contributed by atoms with van der Waals surface area (Å²) in [4.78, 5) is 27.0. The van der Waals surface area contributed by atoms with E-state index in [2.05, 4.69) is 15.5 Å². The first-order valence-electron chi connectivity index (χ1n) is 10.6. The van der Waals surface area contributed by atoms with Crippen molar-refractivity contribution >= 4 is 28.8 Å². The molecule has 1 saturated heterocycles. The molecule has 0 spiro atoms. The number of nitrogens with one attached hydrogen (secondary N) is 1. The van der Waals surface area contributed by atoms with Gasteiger partial charge in [0.1, 0.15) is 22.4 Å². The minimum absolute atomic E-state index is 0.0323. The molecular weight excluding hydrogens is 450 g/mol. The maximum atomic E-state index is 13.8. The molecule has 2 amide bonds. The van der Waals surface area contributed by atoms with Gasteiger partial charge in [-0.3, -0.25) is 9.59 Å². The maximum absolute atomic E-state index is 13.8. The number of aromatic nitrogens is 2. The van der Waals surface area contributed by atoms with E-state index in [1.165, 1.54) is 0 Å². The van der Waals surface area contributed by atoms with Crippen LogP contribution in [-0.2, 0) is 0 Å². The maximum Gasteiger partial charge on any atom is 0.286 e. The third kappa shape index (κ3) is 5.33. The van der Waals surface area contributed by atoms with E-state index in [1.54, 1.807) is 29.2 Å². The van der Waals surface area contributed by atoms with Crippen LogP contribution in [0.4, 0.5) is 14.5 Å². The van der Waals surface area contributed by atoms with E-state index in [-0.39, 0.29) is 22.5 Å². The molecule has 0 radical (unpaired) electrons. The second kappa shape index (κ2) is 10.0. The standard InChI is InChI=1S/C23H22F2N4O3S/c1-2-32-17-6-3-15(4-7-17)23(31)29-11-9-14(10-12-29)21-27-28-22(33-21)20(30)26-19-8-5-16(24)13-18(19)25/h3-8,13-14H,2,9-12H2,1H3,(H,26,30). The Hall–Kier alpha value is -3.40. The number of piperidine rings is 1. The molecule has 1 N–H and O–H groups in total. The molecule has 7 nitrogen and oxygen atoms in total. The summed E-state index contributed by atoms with van der Waals surface area (Å²) in [5, 5.41) is 11.2. The number of anilines is 1. The molecule has 2 heterocycles. The SMILES string of the molecule is CCOc1ccc(C(=O)N2CCC(c3nnc(C(=O)Nc4ccc(F)cc4F)s3)CC2)cc1. The van der Waals surface area contributed by atoms with E-state index in [0.717, 1.165) is 29.2 Å². The van der Waals surface area contributed by atoms with E-state index in [9.17, 15) is 18.4 Å². The normalized spacial score (nSPS) is 14.2. The van der Waals surface area contributed by atoms with E-state index < -0.39 is 17.5 Å². The fraction of sp³-hybridized carbons (Fsp3) is 0.304. The van der Waals surface area contributed by atoms with Crippen molar-refractivity contribution in [2.24, 2.45) is 0 Å². The van der Waals surface area contributed by atoms with Gasteiger partial charge in [0, 0.05) is 30.6 Å². The van der Waals surface area contributed by atoms with Crippen LogP contribution in [0.1, 0.15) is 50.9 Å². The monoisotopic (exact) mass is 472 g/mol. The number of carbonyl (C=O) groups is 2. The number of hydrogen-bond acceptors (Lipinski definition) is 6. The van der Waals surface area contributed by atoms with Crippen molar-refractivity contribution < 1.29 is 23.1 Å². The molecule has 1 fully saturated rings. The van der Waals surface area contributed by atoms with Crippen molar-refractivity contribution in [1.29, 1.82) is 0 Å². The summed E-state index contributed by atoms with van der Waals surface area (Å²) in [5.41, 5.74) is 0.485. The van der Waals surface area contributed by atoms with Gasteiger partial charge in [-0.25, -0.2) is 8.78 Å². The van der Waals surface area contributed by atoms with Gasteiger partial charge in [-0.2, -0.15) is 0 Å². The third-order valence-corrected chi connectivity index (χ3v) is 6.44. The van der Waals surface area contributed by atoms with Crippen molar-refractivity contribution in [2.45, 2.75) is 25.7 Å². The van der Waals surface area contributed by atoms with Crippen molar-refractivity contribution in [3.8, 4) is 5.75 Å². The Balaban J connectivity index is 1.33. The van der Waals surface area contributed by atoms with Crippen LogP contribution in [0.2, 0.25) is 0 Å². The smallest absolute Gasteiger partial charge is 0.286 e. The van der Waals surface area contributed by atoms with E-state index in [0.29, 0.717) is 49.2 Å². The zero-order valence-corrected chi connectivity index (χ0v) is 18.7. The molecule has 3 aromatic rings. The molecule has 2 aromatic carbocycles. The number of ether oxygens (including phenoxy) is 1. The lowest BCUT2D eigenvalue weighted by Gasteiger charge is -2.31. The van der Waals surface area contributed by atoms with Gasteiger partial charge in [-0.15, -0.1) is 10.2 Å². The van der Waals surface area contributed by atoms with Crippen LogP contribution in [0.25, 0.3) is 0 Å². The van der Waals surface area contributed by atoms with Crippen LogP contribution in [0.5, 0.6) is 5.75 Å². The summed E-state index contributed by atoms with van der Waals surface area (Å²) in [7, 11) is 0. The summed E-state index contributed by atoms with van der Waals surface area (Å²) >= 11 is 1.14. The number of likely N-dealkylation sites (tertiary alicyclic amines) is 1. The van der Waals surface area contributed by atoms with E-state index >= 15 is 0 Å². The Kier molecular flexibility index (Phi) is 6.93. The molecule has 1 aromatic heterocycles. The highest BCUT2D eigenvalue weighted by molar-refractivity contribution is 7.13. The number of rotatable bonds is 6. The fourth-order valence-electron chi connectivity index (χ4n) is 3.63. The minimum atomic E-state index is -0.863. The number of nitrogens with zero attached hydrogens (tertiary/aromatic N) is 3. The molecule has 0 saturated carbocycles. The van der Waals surface area contributed by atoms with Crippen LogP contribution in [0.3, 0.4) is 0 Å². The number of carbonyl (C=O) groups excluding carboxylic acids is 2. The lowest BCUT2D eigenvalue weighted by atomic mass is 9.97. The number of amides is 2. The molecule has 10 heteroatoms. The molecule has 0 aliphatic carbocycles. The molecule has 1 aliphatic heterocycles. The summed E-state index contributed by atoms with van der Waals surface area (Å²) < 4.78 is 32.2. The zero-order chi connectivity index (χ0) is 23.4. The van der Waals surface area contributed by atoms with Gasteiger partial charge in [0.25, 0.3) is 11.8 Å². The predicted octanol–water partition coefficient (Wildman–Crippen LogP) is 4.49. The Bertz CT molecular complexity index is 1140. The number of benzene rings is 2. The topological polar surface area (TPSA) is 84.4 Å². The van der Waals surface area contributed by atoms with Gasteiger partial charge >= 0.3 is 0 Å². The predicted molar refractivity (Wildman–Crippen MR) is 120 cm³/mol. The summed E-state index contributed by atoms with van der Waals surface area (Å²) in [5.74, 6) is -1.42. The fourth-order valence-corrected chi connectivity index (χ4v) is 4.54. The van der Waals surface area contributed by atoms with Crippen LogP contribution in [-0.4, -0.2) is 46.6 Å². The molecule has 0 unspecified atom stereocenters. The Morgan fingerprint density at radius 2 is 1.85 bits per heavy atom. The van der Waals surface area contributed by atoms with Gasteiger partial charge in [0.05, 0.1) is 12.3 Å². The Morgan fingerprint density at radius 1 is 1.12 bits per heavy atom. The quantitative estimate of drug-likeness (QED) is 0.572. The molecular formula is C23H22F2N4O3S. The van der Waals surface area contributed by atoms with Gasteiger partial charge in [0.15, 0.2) is 0 Å². The van der Waals surface area contributed by atoms with Crippen LogP contribution < -0.4 is 10.1 Å². The second-order valence-electron chi connectivity index (χ2n) is 7.55. The van der Waals surface area contributed by atoms with Crippen molar-refractivity contribution in [3.63, 3.8) is 0 Å². The summed E-state index contributed by atoms with van der Waals surface area (Å²) in [6.07, 6.45) is 1.40. The first-order chi connectivity index (χ1) is 15.9. The van der Waals surface area contributed by atoms with Crippen LogP contribution in [0, 0.1) is 11.6 Å². The summed E-state index contributed by atoms with van der Waals surface area (Å²) in [6.45, 7) is 3.61. The molecule has 1 aliphatic rings. The van der Waals surface area contributed by atoms with Crippen molar-refractivity contribution in [3.05, 3.63) is 69.7 Å². The largest absolute Gasteiger partial charge is 0.494 e. The zero-order valence-electron chi connectivity index (χ0n) is 17.9. The van der Waals surface area contributed by atoms with Crippen LogP contribution in [0.15, 0.2) is 42.5 Å². The van der Waals surface area contributed by atoms with Crippen molar-refractivity contribution in [1.82, 2.24) is 15.1 Å². The average molecular weight is 473 g/mol. The van der Waals surface area contributed by atoms with E-state index in [1.807, 2.05) is 6.92 Å². The Labute approximate surface area is 193 Å². The lowest BCUT2D eigenvalue weighted by molar-refractivity contribution is 0.0712. The molecule has 0 atom stereocenters. The van der Waals surface area contributed by atoms with Crippen molar-refractivity contribution in [2.75, 3.05) is 25.0 Å². The Morgan fingerprint density at radius 3 is 2.52 bits per heavy atom. The first kappa shape index (κ1) is 22.8. The molecule has 4 rings (SSSR count). The minimum Gasteiger partial charge on any atom is -0.494 e. The molecule has 172 valence electrons.